The minimum absolute atomic E-state index is 0.0332. The number of hydrogen-bond donors (Lipinski definition) is 1. The molecule has 3 nitrogen and oxygen atoms in total. The van der Waals surface area contributed by atoms with Gasteiger partial charge in [-0.05, 0) is 36.8 Å². The van der Waals surface area contributed by atoms with E-state index in [1.807, 2.05) is 4.90 Å². The Kier molecular flexibility index (Phi) is 3.46. The molecule has 0 radical (unpaired) electrons. The van der Waals surface area contributed by atoms with Crippen LogP contribution in [0.5, 0.6) is 0 Å². The molecule has 2 aliphatic rings. The van der Waals surface area contributed by atoms with Gasteiger partial charge in [0.1, 0.15) is 0 Å². The molecule has 1 saturated heterocycles. The van der Waals surface area contributed by atoms with Gasteiger partial charge in [-0.2, -0.15) is 0 Å². The van der Waals surface area contributed by atoms with Crippen LogP contribution < -0.4 is 5.73 Å². The Labute approximate surface area is 122 Å². The molecular weight excluding hydrogens is 283 g/mol. The van der Waals surface area contributed by atoms with Crippen LogP contribution in [0, 0.1) is 11.8 Å². The second-order valence-corrected chi connectivity index (χ2v) is 6.26. The maximum Gasteiger partial charge on any atom is 0.255 e. The van der Waals surface area contributed by atoms with Gasteiger partial charge >= 0.3 is 0 Å². The molecule has 1 aliphatic carbocycles. The second kappa shape index (κ2) is 4.97. The normalized spacial score (nSPS) is 29.6. The van der Waals surface area contributed by atoms with E-state index >= 15 is 0 Å². The molecule has 2 fully saturated rings. The van der Waals surface area contributed by atoms with Crippen molar-refractivity contribution in [2.75, 3.05) is 13.1 Å². The molecule has 5 heteroatoms. The van der Waals surface area contributed by atoms with Crippen molar-refractivity contribution in [2.24, 2.45) is 17.6 Å². The largest absolute Gasteiger partial charge is 0.338 e. The number of amides is 1. The fourth-order valence-electron chi connectivity index (χ4n) is 3.31. The summed E-state index contributed by atoms with van der Waals surface area (Å²) in [6.45, 7) is 1.54. The molecule has 2 N–H and O–H groups in total. The van der Waals surface area contributed by atoms with Gasteiger partial charge in [-0.1, -0.05) is 29.3 Å². The Morgan fingerprint density at radius 3 is 2.79 bits per heavy atom. The third-order valence-electron chi connectivity index (χ3n) is 4.38. The topological polar surface area (TPSA) is 46.3 Å². The van der Waals surface area contributed by atoms with Crippen molar-refractivity contribution in [1.29, 1.82) is 0 Å². The van der Waals surface area contributed by atoms with Gasteiger partial charge in [0.05, 0.1) is 15.6 Å². The minimum Gasteiger partial charge on any atom is -0.338 e. The summed E-state index contributed by atoms with van der Waals surface area (Å²) in [5, 5.41) is 0.763. The van der Waals surface area contributed by atoms with Crippen LogP contribution in [-0.4, -0.2) is 29.9 Å². The van der Waals surface area contributed by atoms with Gasteiger partial charge in [0.25, 0.3) is 5.91 Å². The number of nitrogens with two attached hydrogens (primary N) is 1. The SMILES string of the molecule is NC1CCC2CN(C(=O)c3cccc(Cl)c3Cl)CC12. The molecule has 3 unspecified atom stereocenters. The summed E-state index contributed by atoms with van der Waals surface area (Å²) in [5.41, 5.74) is 6.58. The smallest absolute Gasteiger partial charge is 0.255 e. The number of likely N-dealkylation sites (tertiary alicyclic amines) is 1. The number of carbonyl (C=O) groups is 1. The van der Waals surface area contributed by atoms with Crippen LogP contribution in [-0.2, 0) is 0 Å². The molecule has 1 aromatic rings. The average Bonchev–Trinajstić information content (AvgIpc) is 2.95. The van der Waals surface area contributed by atoms with Gasteiger partial charge in [-0.3, -0.25) is 4.79 Å². The highest BCUT2D eigenvalue weighted by Crippen LogP contribution is 2.38. The van der Waals surface area contributed by atoms with E-state index in [2.05, 4.69) is 0 Å². The van der Waals surface area contributed by atoms with Gasteiger partial charge in [-0.25, -0.2) is 0 Å². The van der Waals surface area contributed by atoms with E-state index in [1.165, 1.54) is 0 Å². The van der Waals surface area contributed by atoms with Crippen molar-refractivity contribution in [2.45, 2.75) is 18.9 Å². The lowest BCUT2D eigenvalue weighted by Gasteiger charge is -2.19. The molecule has 1 aromatic carbocycles. The van der Waals surface area contributed by atoms with E-state index in [1.54, 1.807) is 18.2 Å². The van der Waals surface area contributed by atoms with Crippen molar-refractivity contribution < 1.29 is 4.79 Å². The molecule has 3 atom stereocenters. The van der Waals surface area contributed by atoms with Crippen molar-refractivity contribution in [3.05, 3.63) is 33.8 Å². The van der Waals surface area contributed by atoms with Gasteiger partial charge in [0.15, 0.2) is 0 Å². The number of rotatable bonds is 1. The van der Waals surface area contributed by atoms with Crippen molar-refractivity contribution in [1.82, 2.24) is 4.90 Å². The Morgan fingerprint density at radius 1 is 1.26 bits per heavy atom. The Balaban J connectivity index is 1.81. The van der Waals surface area contributed by atoms with Gasteiger partial charge in [0.2, 0.25) is 0 Å². The van der Waals surface area contributed by atoms with E-state index < -0.39 is 0 Å². The van der Waals surface area contributed by atoms with Crippen LogP contribution in [0.25, 0.3) is 0 Å². The van der Waals surface area contributed by atoms with Crippen molar-refractivity contribution >= 4 is 29.1 Å². The molecule has 0 aromatic heterocycles. The summed E-state index contributed by atoms with van der Waals surface area (Å²) in [6, 6.07) is 5.40. The summed E-state index contributed by atoms with van der Waals surface area (Å²) in [5.74, 6) is 0.966. The first-order valence-corrected chi connectivity index (χ1v) is 7.32. The maximum atomic E-state index is 12.5. The van der Waals surface area contributed by atoms with Crippen LogP contribution in [0.3, 0.4) is 0 Å². The van der Waals surface area contributed by atoms with E-state index in [9.17, 15) is 4.79 Å². The first-order chi connectivity index (χ1) is 9.08. The van der Waals surface area contributed by atoms with E-state index in [0.717, 1.165) is 25.9 Å². The first kappa shape index (κ1) is 13.2. The average molecular weight is 299 g/mol. The molecule has 102 valence electrons. The monoisotopic (exact) mass is 298 g/mol. The van der Waals surface area contributed by atoms with Crippen molar-refractivity contribution in [3.8, 4) is 0 Å². The fraction of sp³-hybridized carbons (Fsp3) is 0.500. The third kappa shape index (κ3) is 2.24. The third-order valence-corrected chi connectivity index (χ3v) is 5.20. The zero-order valence-corrected chi connectivity index (χ0v) is 12.0. The van der Waals surface area contributed by atoms with Gasteiger partial charge < -0.3 is 10.6 Å². The summed E-state index contributed by atoms with van der Waals surface area (Å²) >= 11 is 12.1. The fourth-order valence-corrected chi connectivity index (χ4v) is 3.69. The van der Waals surface area contributed by atoms with Crippen molar-refractivity contribution in [3.63, 3.8) is 0 Å². The maximum absolute atomic E-state index is 12.5. The highest BCUT2D eigenvalue weighted by atomic mass is 35.5. The quantitative estimate of drug-likeness (QED) is 0.866. The lowest BCUT2D eigenvalue weighted by Crippen LogP contribution is -2.33. The second-order valence-electron chi connectivity index (χ2n) is 5.48. The number of nitrogens with zero attached hydrogens (tertiary/aromatic N) is 1. The lowest BCUT2D eigenvalue weighted by molar-refractivity contribution is 0.0780. The molecule has 0 bridgehead atoms. The summed E-state index contributed by atoms with van der Waals surface area (Å²) in [7, 11) is 0. The van der Waals surface area contributed by atoms with E-state index in [4.69, 9.17) is 28.9 Å². The van der Waals surface area contributed by atoms with Crippen LogP contribution in [0.1, 0.15) is 23.2 Å². The Bertz CT molecular complexity index is 520. The standard InChI is InChI=1S/C14H16Cl2N2O/c15-11-3-1-2-9(13(11)16)14(19)18-6-8-4-5-12(17)10(8)7-18/h1-3,8,10,12H,4-7,17H2. The van der Waals surface area contributed by atoms with Crippen LogP contribution >= 0.6 is 23.2 Å². The summed E-state index contributed by atoms with van der Waals surface area (Å²) < 4.78 is 0. The van der Waals surface area contributed by atoms with Crippen LogP contribution in [0.4, 0.5) is 0 Å². The Morgan fingerprint density at radius 2 is 2.05 bits per heavy atom. The molecular formula is C14H16Cl2N2O. The predicted molar refractivity (Wildman–Crippen MR) is 76.6 cm³/mol. The summed E-state index contributed by atoms with van der Waals surface area (Å²) in [4.78, 5) is 14.4. The lowest BCUT2D eigenvalue weighted by atomic mass is 9.98. The molecule has 1 heterocycles. The number of hydrogen-bond acceptors (Lipinski definition) is 2. The highest BCUT2D eigenvalue weighted by Gasteiger charge is 2.42. The highest BCUT2D eigenvalue weighted by molar-refractivity contribution is 6.43. The zero-order chi connectivity index (χ0) is 13.6. The van der Waals surface area contributed by atoms with Gasteiger partial charge in [-0.15, -0.1) is 0 Å². The number of fused-ring (bicyclic) bond motifs is 1. The predicted octanol–water partition coefficient (Wildman–Crippen LogP) is 2.80. The minimum atomic E-state index is -0.0332. The number of halogens is 2. The molecule has 19 heavy (non-hydrogen) atoms. The molecule has 1 saturated carbocycles. The number of carbonyl (C=O) groups excluding carboxylic acids is 1. The van der Waals surface area contributed by atoms with E-state index in [-0.39, 0.29) is 11.9 Å². The zero-order valence-electron chi connectivity index (χ0n) is 10.5. The van der Waals surface area contributed by atoms with E-state index in [0.29, 0.717) is 27.4 Å². The van der Waals surface area contributed by atoms with Crippen LogP contribution in [0.15, 0.2) is 18.2 Å². The summed E-state index contributed by atoms with van der Waals surface area (Å²) in [6.07, 6.45) is 2.20. The number of benzene rings is 1. The van der Waals surface area contributed by atoms with Crippen LogP contribution in [0.2, 0.25) is 10.0 Å². The van der Waals surface area contributed by atoms with Gasteiger partial charge in [0, 0.05) is 19.1 Å². The molecule has 3 rings (SSSR count). The molecule has 0 spiro atoms. The first-order valence-electron chi connectivity index (χ1n) is 6.57. The molecule has 1 aliphatic heterocycles. The molecule has 1 amide bonds. The Hall–Kier alpha value is -0.770.